The third-order valence-electron chi connectivity index (χ3n) is 2.75. The molecule has 2 aromatic rings. The number of aliphatic hydroxyl groups excluding tert-OH is 1. The molecule has 0 saturated heterocycles. The molecule has 100 valence electrons. The van der Waals surface area contributed by atoms with Crippen molar-refractivity contribution < 1.29 is 9.84 Å². The molecule has 0 aliphatic rings. The molecule has 1 aromatic carbocycles. The van der Waals surface area contributed by atoms with Gasteiger partial charge in [0.05, 0.1) is 13.2 Å². The van der Waals surface area contributed by atoms with Gasteiger partial charge in [-0.3, -0.25) is 0 Å². The van der Waals surface area contributed by atoms with Gasteiger partial charge in [0.2, 0.25) is 5.88 Å². The van der Waals surface area contributed by atoms with Crippen molar-refractivity contribution in [3.05, 3.63) is 57.7 Å². The third kappa shape index (κ3) is 3.60. The predicted octanol–water partition coefficient (Wildman–Crippen LogP) is 3.67. The van der Waals surface area contributed by atoms with Crippen molar-refractivity contribution in [3.8, 4) is 5.88 Å². The number of methoxy groups -OCH3 is 1. The van der Waals surface area contributed by atoms with Crippen molar-refractivity contribution in [2.45, 2.75) is 12.5 Å². The molecule has 1 heterocycles. The number of aliphatic hydroxyl groups is 1. The van der Waals surface area contributed by atoms with Crippen molar-refractivity contribution in [2.75, 3.05) is 7.11 Å². The summed E-state index contributed by atoms with van der Waals surface area (Å²) in [6, 6.07) is 8.64. The fourth-order valence-corrected chi connectivity index (χ4v) is 2.18. The van der Waals surface area contributed by atoms with Crippen LogP contribution in [0.5, 0.6) is 5.88 Å². The average molecular weight is 298 g/mol. The first-order valence-electron chi connectivity index (χ1n) is 5.72. The molecule has 0 radical (unpaired) electrons. The van der Waals surface area contributed by atoms with Gasteiger partial charge in [-0.25, -0.2) is 4.98 Å². The first-order valence-corrected chi connectivity index (χ1v) is 6.47. The van der Waals surface area contributed by atoms with E-state index in [1.54, 1.807) is 37.6 Å². The molecular weight excluding hydrogens is 285 g/mol. The SMILES string of the molecule is COc1ccc(CC(O)c2cc(Cl)ccc2Cl)cn1. The molecule has 0 fully saturated rings. The first-order chi connectivity index (χ1) is 9.10. The van der Waals surface area contributed by atoms with Crippen molar-refractivity contribution >= 4 is 23.2 Å². The summed E-state index contributed by atoms with van der Waals surface area (Å²) in [6.45, 7) is 0. The molecule has 0 amide bonds. The molecule has 0 aliphatic carbocycles. The molecule has 3 nitrogen and oxygen atoms in total. The van der Waals surface area contributed by atoms with Crippen molar-refractivity contribution in [2.24, 2.45) is 0 Å². The summed E-state index contributed by atoms with van der Waals surface area (Å²) in [5.74, 6) is 0.541. The van der Waals surface area contributed by atoms with Crippen LogP contribution in [0, 0.1) is 0 Å². The van der Waals surface area contributed by atoms with Crippen LogP contribution in [-0.2, 0) is 6.42 Å². The molecule has 0 spiro atoms. The summed E-state index contributed by atoms with van der Waals surface area (Å²) < 4.78 is 4.98. The Bertz CT molecular complexity index is 558. The zero-order valence-corrected chi connectivity index (χ0v) is 11.8. The van der Waals surface area contributed by atoms with Gasteiger partial charge in [-0.2, -0.15) is 0 Å². The Morgan fingerprint density at radius 1 is 1.26 bits per heavy atom. The first kappa shape index (κ1) is 14.1. The van der Waals surface area contributed by atoms with Gasteiger partial charge in [-0.15, -0.1) is 0 Å². The predicted molar refractivity (Wildman–Crippen MR) is 75.9 cm³/mol. The Morgan fingerprint density at radius 3 is 2.68 bits per heavy atom. The second-order valence-electron chi connectivity index (χ2n) is 4.09. The number of ether oxygens (including phenoxy) is 1. The molecule has 0 aliphatic heterocycles. The molecule has 1 unspecified atom stereocenters. The molecule has 1 N–H and O–H groups in total. The van der Waals surface area contributed by atoms with Gasteiger partial charge >= 0.3 is 0 Å². The Hall–Kier alpha value is -1.29. The van der Waals surface area contributed by atoms with Gasteiger partial charge in [0, 0.05) is 34.3 Å². The van der Waals surface area contributed by atoms with E-state index in [0.717, 1.165) is 5.56 Å². The fraction of sp³-hybridized carbons (Fsp3) is 0.214. The quantitative estimate of drug-likeness (QED) is 0.936. The molecule has 0 saturated carbocycles. The molecule has 0 bridgehead atoms. The van der Waals surface area contributed by atoms with Crippen LogP contribution < -0.4 is 4.74 Å². The summed E-state index contributed by atoms with van der Waals surface area (Å²) in [6.07, 6.45) is 1.36. The number of aromatic nitrogens is 1. The smallest absolute Gasteiger partial charge is 0.212 e. The second-order valence-corrected chi connectivity index (χ2v) is 4.94. The van der Waals surface area contributed by atoms with Crippen molar-refractivity contribution in [3.63, 3.8) is 0 Å². The maximum absolute atomic E-state index is 10.2. The number of hydrogen-bond donors (Lipinski definition) is 1. The molecule has 5 heteroatoms. The Kier molecular flexibility index (Phi) is 4.64. The van der Waals surface area contributed by atoms with Crippen molar-refractivity contribution in [1.29, 1.82) is 0 Å². The number of halogens is 2. The van der Waals surface area contributed by atoms with Crippen LogP contribution in [0.4, 0.5) is 0 Å². The van der Waals surface area contributed by atoms with E-state index in [9.17, 15) is 5.11 Å². The van der Waals surface area contributed by atoms with E-state index in [1.165, 1.54) is 0 Å². The van der Waals surface area contributed by atoms with Crippen LogP contribution in [0.1, 0.15) is 17.2 Å². The number of benzene rings is 1. The van der Waals surface area contributed by atoms with E-state index in [2.05, 4.69) is 4.98 Å². The highest BCUT2D eigenvalue weighted by Crippen LogP contribution is 2.28. The number of pyridine rings is 1. The van der Waals surface area contributed by atoms with Crippen LogP contribution in [0.25, 0.3) is 0 Å². The van der Waals surface area contributed by atoms with Gasteiger partial charge in [0.1, 0.15) is 0 Å². The summed E-state index contributed by atoms with van der Waals surface area (Å²) in [5.41, 5.74) is 1.51. The molecule has 1 aromatic heterocycles. The van der Waals surface area contributed by atoms with E-state index in [4.69, 9.17) is 27.9 Å². The zero-order chi connectivity index (χ0) is 13.8. The van der Waals surface area contributed by atoms with Gasteiger partial charge in [-0.1, -0.05) is 29.3 Å². The lowest BCUT2D eigenvalue weighted by molar-refractivity contribution is 0.178. The van der Waals surface area contributed by atoms with Crippen LogP contribution in [0.15, 0.2) is 36.5 Å². The summed E-state index contributed by atoms with van der Waals surface area (Å²) in [7, 11) is 1.56. The zero-order valence-electron chi connectivity index (χ0n) is 10.3. The van der Waals surface area contributed by atoms with Crippen LogP contribution >= 0.6 is 23.2 Å². The average Bonchev–Trinajstić information content (AvgIpc) is 2.42. The lowest BCUT2D eigenvalue weighted by Gasteiger charge is -2.13. The Balaban J connectivity index is 2.15. The number of rotatable bonds is 4. The normalized spacial score (nSPS) is 12.2. The fourth-order valence-electron chi connectivity index (χ4n) is 1.76. The standard InChI is InChI=1S/C14H13Cl2NO2/c1-19-14-5-2-9(8-17-14)6-13(18)11-7-10(15)3-4-12(11)16/h2-5,7-8,13,18H,6H2,1H3. The van der Waals surface area contributed by atoms with E-state index >= 15 is 0 Å². The van der Waals surface area contributed by atoms with Crippen LogP contribution in [-0.4, -0.2) is 17.2 Å². The van der Waals surface area contributed by atoms with E-state index < -0.39 is 6.10 Å². The summed E-state index contributed by atoms with van der Waals surface area (Å²) >= 11 is 12.0. The van der Waals surface area contributed by atoms with Crippen molar-refractivity contribution in [1.82, 2.24) is 4.98 Å². The lowest BCUT2D eigenvalue weighted by atomic mass is 10.0. The highest BCUT2D eigenvalue weighted by molar-refractivity contribution is 6.33. The third-order valence-corrected chi connectivity index (χ3v) is 3.33. The van der Waals surface area contributed by atoms with Gasteiger partial charge < -0.3 is 9.84 Å². The number of hydrogen-bond acceptors (Lipinski definition) is 3. The summed E-state index contributed by atoms with van der Waals surface area (Å²) in [5, 5.41) is 11.2. The van der Waals surface area contributed by atoms with E-state index in [-0.39, 0.29) is 0 Å². The molecule has 2 rings (SSSR count). The van der Waals surface area contributed by atoms with Crippen LogP contribution in [0.2, 0.25) is 10.0 Å². The van der Waals surface area contributed by atoms with Gasteiger partial charge in [-0.05, 0) is 23.8 Å². The van der Waals surface area contributed by atoms with E-state index in [1.807, 2.05) is 6.07 Å². The lowest BCUT2D eigenvalue weighted by Crippen LogP contribution is -2.03. The molecule has 1 atom stereocenters. The molecular formula is C14H13Cl2NO2. The number of nitrogens with zero attached hydrogens (tertiary/aromatic N) is 1. The summed E-state index contributed by atoms with van der Waals surface area (Å²) in [4.78, 5) is 4.09. The molecule has 19 heavy (non-hydrogen) atoms. The van der Waals surface area contributed by atoms with Crippen LogP contribution in [0.3, 0.4) is 0 Å². The topological polar surface area (TPSA) is 42.4 Å². The van der Waals surface area contributed by atoms with Gasteiger partial charge in [0.15, 0.2) is 0 Å². The minimum absolute atomic E-state index is 0.414. The van der Waals surface area contributed by atoms with Gasteiger partial charge in [0.25, 0.3) is 0 Å². The minimum Gasteiger partial charge on any atom is -0.481 e. The maximum atomic E-state index is 10.2. The van der Waals surface area contributed by atoms with E-state index in [0.29, 0.717) is 27.9 Å². The minimum atomic E-state index is -0.721. The largest absolute Gasteiger partial charge is 0.481 e. The highest BCUT2D eigenvalue weighted by Gasteiger charge is 2.13. The maximum Gasteiger partial charge on any atom is 0.212 e. The monoisotopic (exact) mass is 297 g/mol. The Labute approximate surface area is 121 Å². The Morgan fingerprint density at radius 2 is 2.05 bits per heavy atom. The highest BCUT2D eigenvalue weighted by atomic mass is 35.5. The second kappa shape index (κ2) is 6.24.